The summed E-state index contributed by atoms with van der Waals surface area (Å²) in [5, 5.41) is 1.16. The van der Waals surface area contributed by atoms with E-state index >= 15 is 0 Å². The second-order valence-corrected chi connectivity index (χ2v) is 9.36. The highest BCUT2D eigenvalue weighted by atomic mass is 19.1. The van der Waals surface area contributed by atoms with Gasteiger partial charge >= 0.3 is 0 Å². The topological polar surface area (TPSA) is 64.2 Å². The van der Waals surface area contributed by atoms with Gasteiger partial charge in [0.25, 0.3) is 0 Å². The van der Waals surface area contributed by atoms with Gasteiger partial charge < -0.3 is 15.2 Å². The van der Waals surface area contributed by atoms with Gasteiger partial charge in [-0.3, -0.25) is 4.79 Å². The number of piperidine rings is 1. The van der Waals surface area contributed by atoms with Crippen LogP contribution >= 0.6 is 0 Å². The quantitative estimate of drug-likeness (QED) is 0.621. The van der Waals surface area contributed by atoms with Crippen LogP contribution < -0.4 is 5.73 Å². The fourth-order valence-corrected chi connectivity index (χ4v) is 4.62. The van der Waals surface area contributed by atoms with Crippen molar-refractivity contribution in [3.8, 4) is 0 Å². The molecule has 1 aliphatic heterocycles. The fourth-order valence-electron chi connectivity index (χ4n) is 4.62. The third kappa shape index (κ3) is 5.31. The van der Waals surface area contributed by atoms with Gasteiger partial charge in [-0.1, -0.05) is 12.1 Å². The number of nitrogens with two attached hydrogens (primary N) is 1. The highest BCUT2D eigenvalue weighted by Crippen LogP contribution is 2.27. The molecule has 6 heteroatoms. The number of pyridine rings is 1. The first kappa shape index (κ1) is 21.5. The first-order valence-corrected chi connectivity index (χ1v) is 11.0. The van der Waals surface area contributed by atoms with Crippen LogP contribution in [-0.4, -0.2) is 45.7 Å². The van der Waals surface area contributed by atoms with E-state index in [9.17, 15) is 9.18 Å². The third-order valence-corrected chi connectivity index (χ3v) is 6.11. The number of alkyl halides is 1. The molecule has 4 rings (SSSR count). The third-order valence-electron chi connectivity index (χ3n) is 6.11. The largest absolute Gasteiger partial charge is 0.366 e. The van der Waals surface area contributed by atoms with Crippen LogP contribution in [0.15, 0.2) is 48.8 Å². The molecule has 2 aromatic heterocycles. The minimum Gasteiger partial charge on any atom is -0.366 e. The number of amides is 1. The van der Waals surface area contributed by atoms with Crippen LogP contribution in [0.25, 0.3) is 11.0 Å². The lowest BCUT2D eigenvalue weighted by Crippen LogP contribution is -2.41. The average molecular weight is 423 g/mol. The first-order valence-electron chi connectivity index (χ1n) is 11.0. The molecule has 0 atom stereocenters. The van der Waals surface area contributed by atoms with Gasteiger partial charge in [0.1, 0.15) is 11.3 Å². The number of carbonyl (C=O) groups is 1. The predicted octanol–water partition coefficient (Wildman–Crippen LogP) is 4.19. The number of hydrogen-bond acceptors (Lipinski definition) is 3. The van der Waals surface area contributed by atoms with Gasteiger partial charge in [0.2, 0.25) is 5.91 Å². The smallest absolute Gasteiger partial charge is 0.248 e. The van der Waals surface area contributed by atoms with E-state index in [1.165, 1.54) is 5.56 Å². The molecule has 0 radical (unpaired) electrons. The molecule has 0 spiro atoms. The molecule has 2 N–H and O–H groups in total. The van der Waals surface area contributed by atoms with Crippen molar-refractivity contribution >= 4 is 16.9 Å². The monoisotopic (exact) mass is 422 g/mol. The van der Waals surface area contributed by atoms with Crippen molar-refractivity contribution in [2.45, 2.75) is 45.3 Å². The number of fused-ring (bicyclic) bond motifs is 1. The number of carbonyl (C=O) groups excluding carboxylic acids is 1. The Hall–Kier alpha value is -2.73. The van der Waals surface area contributed by atoms with Crippen molar-refractivity contribution in [2.24, 2.45) is 11.7 Å². The zero-order valence-corrected chi connectivity index (χ0v) is 18.4. The van der Waals surface area contributed by atoms with E-state index in [-0.39, 0.29) is 0 Å². The Labute approximate surface area is 183 Å². The number of likely N-dealkylation sites (tertiary alicyclic amines) is 1. The number of primary amides is 1. The Balaban J connectivity index is 1.48. The van der Waals surface area contributed by atoms with E-state index in [4.69, 9.17) is 5.73 Å². The molecule has 1 fully saturated rings. The van der Waals surface area contributed by atoms with Gasteiger partial charge in [-0.25, -0.2) is 9.37 Å². The van der Waals surface area contributed by atoms with Crippen molar-refractivity contribution in [3.63, 3.8) is 0 Å². The summed E-state index contributed by atoms with van der Waals surface area (Å²) in [5.74, 6) is 0.160. The lowest BCUT2D eigenvalue weighted by atomic mass is 9.96. The Bertz CT molecular complexity index is 1040. The summed E-state index contributed by atoms with van der Waals surface area (Å²) in [5.41, 5.74) is 8.11. The summed E-state index contributed by atoms with van der Waals surface area (Å²) in [6.45, 7) is 6.64. The molecular weight excluding hydrogens is 391 g/mol. The molecular formula is C25H31FN4O. The standard InChI is InChI=1S/C25H31FN4O/c1-25(2,26)17-29-12-9-19(10-13-29)15-30-16-21(22-4-3-11-28-24(22)30)14-18-5-7-20(8-6-18)23(27)31/h3-8,11,16,19H,9-10,12-15,17H2,1-2H3,(H2,27,31). The summed E-state index contributed by atoms with van der Waals surface area (Å²) in [4.78, 5) is 18.2. The Morgan fingerprint density at radius 3 is 2.55 bits per heavy atom. The molecule has 3 aromatic rings. The second-order valence-electron chi connectivity index (χ2n) is 9.36. The number of benzene rings is 1. The summed E-state index contributed by atoms with van der Waals surface area (Å²) in [7, 11) is 0. The molecule has 3 heterocycles. The van der Waals surface area contributed by atoms with Gasteiger partial charge in [-0.05, 0) is 87.5 Å². The first-order chi connectivity index (χ1) is 14.8. The minimum atomic E-state index is -1.14. The molecule has 31 heavy (non-hydrogen) atoms. The van der Waals surface area contributed by atoms with Gasteiger partial charge in [0.05, 0.1) is 0 Å². The molecule has 0 aliphatic carbocycles. The Kier molecular flexibility index (Phi) is 6.10. The van der Waals surface area contributed by atoms with E-state index in [0.29, 0.717) is 18.0 Å². The molecule has 1 amide bonds. The van der Waals surface area contributed by atoms with Crippen molar-refractivity contribution in [2.75, 3.05) is 19.6 Å². The predicted molar refractivity (Wildman–Crippen MR) is 122 cm³/mol. The number of halogens is 1. The van der Waals surface area contributed by atoms with Gasteiger partial charge in [-0.2, -0.15) is 0 Å². The maximum Gasteiger partial charge on any atom is 0.248 e. The van der Waals surface area contributed by atoms with Crippen molar-refractivity contribution in [1.82, 2.24) is 14.5 Å². The lowest BCUT2D eigenvalue weighted by Gasteiger charge is -2.34. The fraction of sp³-hybridized carbons (Fsp3) is 0.440. The van der Waals surface area contributed by atoms with Crippen LogP contribution in [0.4, 0.5) is 4.39 Å². The Morgan fingerprint density at radius 1 is 1.19 bits per heavy atom. The molecule has 0 saturated carbocycles. The lowest BCUT2D eigenvalue weighted by molar-refractivity contribution is 0.0927. The van der Waals surface area contributed by atoms with Crippen LogP contribution in [0.3, 0.4) is 0 Å². The van der Waals surface area contributed by atoms with E-state index in [1.807, 2.05) is 24.4 Å². The molecule has 164 valence electrons. The van der Waals surface area contributed by atoms with Crippen LogP contribution in [0.5, 0.6) is 0 Å². The van der Waals surface area contributed by atoms with Crippen LogP contribution in [0.2, 0.25) is 0 Å². The summed E-state index contributed by atoms with van der Waals surface area (Å²) in [6, 6.07) is 11.6. The SMILES string of the molecule is CC(C)(F)CN1CCC(Cn2cc(Cc3ccc(C(N)=O)cc3)c3cccnc32)CC1. The molecule has 5 nitrogen and oxygen atoms in total. The van der Waals surface area contributed by atoms with E-state index in [1.54, 1.807) is 26.0 Å². The highest BCUT2D eigenvalue weighted by molar-refractivity contribution is 5.92. The number of nitrogens with zero attached hydrogens (tertiary/aromatic N) is 3. The molecule has 1 saturated heterocycles. The normalized spacial score (nSPS) is 16.1. The zero-order chi connectivity index (χ0) is 22.0. The molecule has 0 unspecified atom stereocenters. The minimum absolute atomic E-state index is 0.409. The number of rotatable bonds is 7. The van der Waals surface area contributed by atoms with E-state index < -0.39 is 11.6 Å². The Morgan fingerprint density at radius 2 is 1.90 bits per heavy atom. The average Bonchev–Trinajstić information content (AvgIpc) is 3.06. The molecule has 0 bridgehead atoms. The van der Waals surface area contributed by atoms with Gasteiger partial charge in [-0.15, -0.1) is 0 Å². The van der Waals surface area contributed by atoms with Crippen molar-refractivity contribution in [3.05, 3.63) is 65.5 Å². The second kappa shape index (κ2) is 8.79. The maximum absolute atomic E-state index is 14.0. The maximum atomic E-state index is 14.0. The molecule has 1 aromatic carbocycles. The van der Waals surface area contributed by atoms with Crippen LogP contribution in [-0.2, 0) is 13.0 Å². The van der Waals surface area contributed by atoms with Crippen molar-refractivity contribution < 1.29 is 9.18 Å². The van der Waals surface area contributed by atoms with Crippen molar-refractivity contribution in [1.29, 1.82) is 0 Å². The van der Waals surface area contributed by atoms with E-state index in [2.05, 4.69) is 26.7 Å². The summed E-state index contributed by atoms with van der Waals surface area (Å²) in [6.07, 6.45) is 6.99. The van der Waals surface area contributed by atoms with Crippen LogP contribution in [0, 0.1) is 5.92 Å². The van der Waals surface area contributed by atoms with Gasteiger partial charge in [0, 0.05) is 36.4 Å². The zero-order valence-electron chi connectivity index (χ0n) is 18.4. The molecule has 1 aliphatic rings. The van der Waals surface area contributed by atoms with Crippen LogP contribution in [0.1, 0.15) is 48.2 Å². The summed E-state index contributed by atoms with van der Waals surface area (Å²) < 4.78 is 16.2. The number of aromatic nitrogens is 2. The van der Waals surface area contributed by atoms with Gasteiger partial charge in [0.15, 0.2) is 0 Å². The van der Waals surface area contributed by atoms with E-state index in [0.717, 1.165) is 55.5 Å². The summed E-state index contributed by atoms with van der Waals surface area (Å²) >= 11 is 0. The number of hydrogen-bond donors (Lipinski definition) is 1. The highest BCUT2D eigenvalue weighted by Gasteiger charge is 2.25.